The predicted octanol–water partition coefficient (Wildman–Crippen LogP) is 1.41. The van der Waals surface area contributed by atoms with E-state index in [4.69, 9.17) is 4.74 Å². The Kier molecular flexibility index (Phi) is 5.13. The van der Waals surface area contributed by atoms with Gasteiger partial charge in [0.25, 0.3) is 5.56 Å². The first-order valence-electron chi connectivity index (χ1n) is 9.57. The molecule has 0 bridgehead atoms. The van der Waals surface area contributed by atoms with E-state index in [1.54, 1.807) is 0 Å². The van der Waals surface area contributed by atoms with E-state index >= 15 is 0 Å². The Morgan fingerprint density at radius 3 is 2.48 bits per heavy atom. The third kappa shape index (κ3) is 3.99. The maximum absolute atomic E-state index is 12.6. The summed E-state index contributed by atoms with van der Waals surface area (Å²) in [6.07, 6.45) is 0. The number of hydrogen-bond acceptors (Lipinski definition) is 4. The number of aryl methyl sites for hydroxylation is 1. The Morgan fingerprint density at radius 2 is 1.74 bits per heavy atom. The molecule has 0 aliphatic carbocycles. The molecule has 2 fully saturated rings. The minimum Gasteiger partial charge on any atom is -0.378 e. The van der Waals surface area contributed by atoms with Gasteiger partial charge >= 0.3 is 6.03 Å². The van der Waals surface area contributed by atoms with E-state index in [2.05, 4.69) is 16.0 Å². The fourth-order valence-electron chi connectivity index (χ4n) is 3.77. The van der Waals surface area contributed by atoms with Crippen LogP contribution in [0.5, 0.6) is 0 Å². The van der Waals surface area contributed by atoms with E-state index in [1.165, 1.54) is 0 Å². The first-order chi connectivity index (χ1) is 13.1. The highest BCUT2D eigenvalue weighted by Gasteiger charge is 2.26. The second kappa shape index (κ2) is 7.70. The minimum absolute atomic E-state index is 0.0278. The third-order valence-electron chi connectivity index (χ3n) is 5.40. The summed E-state index contributed by atoms with van der Waals surface area (Å²) in [5.41, 5.74) is 2.76. The zero-order valence-electron chi connectivity index (χ0n) is 15.7. The third-order valence-corrected chi connectivity index (χ3v) is 5.40. The van der Waals surface area contributed by atoms with Gasteiger partial charge in [-0.15, -0.1) is 0 Å². The van der Waals surface area contributed by atoms with Gasteiger partial charge in [0, 0.05) is 56.9 Å². The molecule has 1 aromatic heterocycles. The molecule has 2 aromatic rings. The molecule has 2 saturated heterocycles. The normalized spacial score (nSPS) is 18.9. The van der Waals surface area contributed by atoms with Crippen LogP contribution in [0.3, 0.4) is 0 Å². The SMILES string of the molecule is Cc1ccc2cc(CN3CCN(C(=O)N4CCOCC4)CC3)c(=O)[nH]c2c1. The van der Waals surface area contributed by atoms with Crippen LogP contribution < -0.4 is 5.56 Å². The van der Waals surface area contributed by atoms with Crippen LogP contribution in [-0.4, -0.2) is 78.2 Å². The summed E-state index contributed by atoms with van der Waals surface area (Å²) >= 11 is 0. The number of aromatic nitrogens is 1. The lowest BCUT2D eigenvalue weighted by molar-refractivity contribution is 0.0373. The van der Waals surface area contributed by atoms with Crippen LogP contribution >= 0.6 is 0 Å². The van der Waals surface area contributed by atoms with Gasteiger partial charge in [-0.1, -0.05) is 12.1 Å². The molecular formula is C20H26N4O3. The number of nitrogens with zero attached hydrogens (tertiary/aromatic N) is 3. The molecule has 144 valence electrons. The number of benzene rings is 1. The Hall–Kier alpha value is -2.38. The van der Waals surface area contributed by atoms with E-state index in [-0.39, 0.29) is 11.6 Å². The zero-order valence-corrected chi connectivity index (χ0v) is 15.7. The van der Waals surface area contributed by atoms with Crippen LogP contribution in [0.2, 0.25) is 0 Å². The number of pyridine rings is 1. The molecule has 1 N–H and O–H groups in total. The van der Waals surface area contributed by atoms with Crippen molar-refractivity contribution in [3.63, 3.8) is 0 Å². The Bertz CT molecular complexity index is 880. The van der Waals surface area contributed by atoms with Crippen LogP contribution in [0.1, 0.15) is 11.1 Å². The Labute approximate surface area is 158 Å². The van der Waals surface area contributed by atoms with Crippen molar-refractivity contribution in [3.8, 4) is 0 Å². The maximum atomic E-state index is 12.6. The molecule has 2 amide bonds. The maximum Gasteiger partial charge on any atom is 0.320 e. The van der Waals surface area contributed by atoms with E-state index in [1.807, 2.05) is 34.9 Å². The number of ether oxygens (including phenoxy) is 1. The van der Waals surface area contributed by atoms with Gasteiger partial charge in [-0.05, 0) is 30.0 Å². The van der Waals surface area contributed by atoms with E-state index in [0.717, 1.165) is 35.1 Å². The summed E-state index contributed by atoms with van der Waals surface area (Å²) in [5.74, 6) is 0. The summed E-state index contributed by atoms with van der Waals surface area (Å²) in [6.45, 7) is 8.16. The average molecular weight is 370 g/mol. The number of nitrogens with one attached hydrogen (secondary N) is 1. The molecule has 0 atom stereocenters. The zero-order chi connectivity index (χ0) is 18.8. The molecule has 0 spiro atoms. The van der Waals surface area contributed by atoms with Crippen molar-refractivity contribution in [2.24, 2.45) is 0 Å². The summed E-state index contributed by atoms with van der Waals surface area (Å²) in [6, 6.07) is 8.19. The Morgan fingerprint density at radius 1 is 1.04 bits per heavy atom. The van der Waals surface area contributed by atoms with Crippen molar-refractivity contribution in [2.45, 2.75) is 13.5 Å². The molecule has 1 aromatic carbocycles. The first kappa shape index (κ1) is 18.0. The fraction of sp³-hybridized carbons (Fsp3) is 0.500. The van der Waals surface area contributed by atoms with Crippen molar-refractivity contribution in [1.29, 1.82) is 0 Å². The molecule has 0 unspecified atom stereocenters. The van der Waals surface area contributed by atoms with E-state index in [9.17, 15) is 9.59 Å². The van der Waals surface area contributed by atoms with Crippen molar-refractivity contribution in [3.05, 3.63) is 45.7 Å². The smallest absolute Gasteiger partial charge is 0.320 e. The molecule has 2 aliphatic heterocycles. The lowest BCUT2D eigenvalue weighted by Crippen LogP contribution is -2.54. The number of urea groups is 1. The van der Waals surface area contributed by atoms with Gasteiger partial charge < -0.3 is 19.5 Å². The molecule has 7 heteroatoms. The van der Waals surface area contributed by atoms with Crippen LogP contribution in [0, 0.1) is 6.92 Å². The van der Waals surface area contributed by atoms with Crippen LogP contribution in [0.25, 0.3) is 10.9 Å². The number of morpholine rings is 1. The summed E-state index contributed by atoms with van der Waals surface area (Å²) in [5, 5.41) is 1.05. The Balaban J connectivity index is 1.38. The number of fused-ring (bicyclic) bond motifs is 1. The van der Waals surface area contributed by atoms with Crippen molar-refractivity contribution >= 4 is 16.9 Å². The lowest BCUT2D eigenvalue weighted by atomic mass is 10.1. The molecule has 27 heavy (non-hydrogen) atoms. The van der Waals surface area contributed by atoms with E-state index in [0.29, 0.717) is 45.9 Å². The van der Waals surface area contributed by atoms with Crippen LogP contribution in [0.15, 0.2) is 29.1 Å². The number of rotatable bonds is 2. The number of carbonyl (C=O) groups is 1. The number of H-pyrrole nitrogens is 1. The number of aromatic amines is 1. The standard InChI is InChI=1S/C20H26N4O3/c1-15-2-3-16-13-17(19(25)21-18(16)12-15)14-22-4-6-23(7-5-22)20(26)24-8-10-27-11-9-24/h2-3,12-13H,4-11,14H2,1H3,(H,21,25). The topological polar surface area (TPSA) is 68.9 Å². The van der Waals surface area contributed by atoms with Crippen molar-refractivity contribution in [2.75, 3.05) is 52.5 Å². The highest BCUT2D eigenvalue weighted by atomic mass is 16.5. The highest BCUT2D eigenvalue weighted by Crippen LogP contribution is 2.15. The van der Waals surface area contributed by atoms with Gasteiger partial charge in [-0.3, -0.25) is 9.69 Å². The monoisotopic (exact) mass is 370 g/mol. The van der Waals surface area contributed by atoms with Crippen LogP contribution in [0.4, 0.5) is 4.79 Å². The lowest BCUT2D eigenvalue weighted by Gasteiger charge is -2.38. The molecule has 4 rings (SSSR count). The van der Waals surface area contributed by atoms with Gasteiger partial charge in [0.05, 0.1) is 13.2 Å². The summed E-state index contributed by atoms with van der Waals surface area (Å²) < 4.78 is 5.32. The van der Waals surface area contributed by atoms with Crippen LogP contribution in [-0.2, 0) is 11.3 Å². The first-order valence-corrected chi connectivity index (χ1v) is 9.57. The van der Waals surface area contributed by atoms with Gasteiger partial charge in [0.1, 0.15) is 0 Å². The summed E-state index contributed by atoms with van der Waals surface area (Å²) in [7, 11) is 0. The molecule has 2 aliphatic rings. The van der Waals surface area contributed by atoms with Gasteiger partial charge in [-0.25, -0.2) is 4.79 Å². The molecule has 7 nitrogen and oxygen atoms in total. The molecular weight excluding hydrogens is 344 g/mol. The molecule has 3 heterocycles. The minimum atomic E-state index is -0.0278. The number of piperazine rings is 1. The predicted molar refractivity (Wildman–Crippen MR) is 104 cm³/mol. The number of carbonyl (C=O) groups excluding carboxylic acids is 1. The number of amides is 2. The number of hydrogen-bond donors (Lipinski definition) is 1. The fourth-order valence-corrected chi connectivity index (χ4v) is 3.77. The van der Waals surface area contributed by atoms with Crippen molar-refractivity contribution in [1.82, 2.24) is 19.7 Å². The van der Waals surface area contributed by atoms with Gasteiger partial charge in [0.15, 0.2) is 0 Å². The molecule has 0 saturated carbocycles. The highest BCUT2D eigenvalue weighted by molar-refractivity contribution is 5.79. The quantitative estimate of drug-likeness (QED) is 0.868. The molecule has 0 radical (unpaired) electrons. The second-order valence-corrected chi connectivity index (χ2v) is 7.36. The van der Waals surface area contributed by atoms with Gasteiger partial charge in [-0.2, -0.15) is 0 Å². The summed E-state index contributed by atoms with van der Waals surface area (Å²) in [4.78, 5) is 34.0. The van der Waals surface area contributed by atoms with E-state index < -0.39 is 0 Å². The average Bonchev–Trinajstić information content (AvgIpc) is 2.69. The second-order valence-electron chi connectivity index (χ2n) is 7.36. The van der Waals surface area contributed by atoms with Gasteiger partial charge in [0.2, 0.25) is 0 Å². The largest absolute Gasteiger partial charge is 0.378 e. The van der Waals surface area contributed by atoms with Crippen molar-refractivity contribution < 1.29 is 9.53 Å².